The maximum Gasteiger partial charge on any atom is 0.361 e. The number of rotatable bonds is 52. The molecule has 0 fully saturated rings. The van der Waals surface area contributed by atoms with Crippen molar-refractivity contribution in [1.29, 1.82) is 0 Å². The summed E-state index contributed by atoms with van der Waals surface area (Å²) < 4.78 is 22.8. The molecule has 0 aliphatic heterocycles. The normalized spacial score (nSPS) is 13.6. The zero-order valence-corrected chi connectivity index (χ0v) is 47.3. The fraction of sp³-hybridized carbons (Fsp3) is 0.672. The van der Waals surface area contributed by atoms with Crippen LogP contribution in [0.15, 0.2) is 109 Å². The summed E-state index contributed by atoms with van der Waals surface area (Å²) >= 11 is 0. The Balaban J connectivity index is 4.35. The molecule has 0 aromatic heterocycles. The Morgan fingerprint density at radius 3 is 1.18 bits per heavy atom. The number of carboxylic acid groups (broad SMARTS) is 1. The van der Waals surface area contributed by atoms with Gasteiger partial charge in [0, 0.05) is 12.8 Å². The smallest absolute Gasteiger partial charge is 0.361 e. The molecule has 0 saturated heterocycles. The number of hydrogen-bond donors (Lipinski definition) is 1. The van der Waals surface area contributed by atoms with Crippen molar-refractivity contribution >= 4 is 17.9 Å². The molecule has 416 valence electrons. The molecule has 0 aromatic rings. The number of carbonyl (C=O) groups excluding carboxylic acids is 2. The van der Waals surface area contributed by atoms with E-state index in [9.17, 15) is 19.5 Å². The number of unbranched alkanes of at least 4 members (excludes halogenated alkanes) is 19. The first-order valence-corrected chi connectivity index (χ1v) is 29.1. The van der Waals surface area contributed by atoms with Gasteiger partial charge in [-0.25, -0.2) is 4.79 Å². The summed E-state index contributed by atoms with van der Waals surface area (Å²) in [5.41, 5.74) is 0. The summed E-state index contributed by atoms with van der Waals surface area (Å²) in [7, 11) is 5.95. The number of quaternary nitrogens is 1. The van der Waals surface area contributed by atoms with Gasteiger partial charge in [-0.1, -0.05) is 213 Å². The first kappa shape index (κ1) is 69.0. The molecule has 9 nitrogen and oxygen atoms in total. The van der Waals surface area contributed by atoms with Crippen LogP contribution in [0.4, 0.5) is 0 Å². The van der Waals surface area contributed by atoms with E-state index in [1.807, 2.05) is 21.1 Å². The second kappa shape index (κ2) is 54.2. The summed E-state index contributed by atoms with van der Waals surface area (Å²) in [6, 6.07) is 0. The SMILES string of the molecule is CC/C=C\C/C=C\C/C=C\C/C=C\C/C=C\C/C=C\C/C=C\C/C=C\CCCCCCC(=O)OC(COC(=O)CCCCCCCCCCC/C=C\CCCCCCCC)COC(OCC[N+](C)(C)C)C(=O)O. The highest BCUT2D eigenvalue weighted by molar-refractivity contribution is 5.71. The third-order valence-electron chi connectivity index (χ3n) is 12.0. The van der Waals surface area contributed by atoms with Crippen molar-refractivity contribution in [3.8, 4) is 0 Å². The van der Waals surface area contributed by atoms with Gasteiger partial charge in [0.15, 0.2) is 6.10 Å². The van der Waals surface area contributed by atoms with Gasteiger partial charge in [-0.3, -0.25) is 9.59 Å². The van der Waals surface area contributed by atoms with Crippen LogP contribution in [0, 0.1) is 0 Å². The highest BCUT2D eigenvalue weighted by Crippen LogP contribution is 2.14. The summed E-state index contributed by atoms with van der Waals surface area (Å²) in [5, 5.41) is 9.70. The Morgan fingerprint density at radius 1 is 0.425 bits per heavy atom. The number of ether oxygens (including phenoxy) is 4. The van der Waals surface area contributed by atoms with Crippen LogP contribution in [-0.4, -0.2) is 87.4 Å². The third kappa shape index (κ3) is 55.5. The van der Waals surface area contributed by atoms with Crippen molar-refractivity contribution in [3.05, 3.63) is 109 Å². The Hall–Kier alpha value is -4.05. The molecule has 0 radical (unpaired) electrons. The summed E-state index contributed by atoms with van der Waals surface area (Å²) in [6.45, 7) is 4.72. The molecule has 2 atom stereocenters. The van der Waals surface area contributed by atoms with E-state index < -0.39 is 24.3 Å². The molecule has 1 N–H and O–H groups in total. The van der Waals surface area contributed by atoms with Gasteiger partial charge in [-0.05, 0) is 103 Å². The first-order chi connectivity index (χ1) is 35.6. The average molecular weight is 1020 g/mol. The minimum Gasteiger partial charge on any atom is -0.477 e. The quantitative estimate of drug-likeness (QED) is 0.0211. The summed E-state index contributed by atoms with van der Waals surface area (Å²) in [5.74, 6) is -2.05. The molecular formula is C64H108NO8+. The van der Waals surface area contributed by atoms with Gasteiger partial charge in [0.25, 0.3) is 6.29 Å². The molecule has 2 unspecified atom stereocenters. The standard InChI is InChI=1S/C64H107NO8/c1-6-8-10-12-14-16-18-20-22-24-26-27-28-29-30-31-32-33-34-35-37-39-41-43-45-47-49-51-53-55-62(67)73-60(59-72-64(63(68)69)70-57-56-65(3,4)5)58-71-61(66)54-52-50-48-46-44-42-40-38-36-25-23-21-19-17-15-13-11-9-7-2/h8,10,14,16,20-23,26-27,29-30,32-33,35,37,41,43,60,64H,6-7,9,11-13,15,17-19,24-25,28,31,34,36,38-40,42,44-59H2,1-5H3/p+1/b10-8-,16-14-,22-20-,23-21-,27-26-,30-29-,33-32-,37-35-,43-41-. The predicted octanol–water partition coefficient (Wildman–Crippen LogP) is 17.1. The lowest BCUT2D eigenvalue weighted by molar-refractivity contribution is -0.870. The summed E-state index contributed by atoms with van der Waals surface area (Å²) in [6.07, 6.45) is 71.6. The molecule has 0 aliphatic carbocycles. The molecule has 0 saturated carbocycles. The van der Waals surface area contributed by atoms with Crippen LogP contribution in [0.1, 0.15) is 219 Å². The van der Waals surface area contributed by atoms with E-state index in [-0.39, 0.29) is 38.6 Å². The number of carbonyl (C=O) groups is 3. The van der Waals surface area contributed by atoms with E-state index in [0.29, 0.717) is 17.4 Å². The Labute approximate surface area is 447 Å². The van der Waals surface area contributed by atoms with Gasteiger partial charge in [0.1, 0.15) is 13.2 Å². The van der Waals surface area contributed by atoms with Crippen LogP contribution < -0.4 is 0 Å². The number of esters is 2. The van der Waals surface area contributed by atoms with Crippen molar-refractivity contribution in [2.75, 3.05) is 47.5 Å². The van der Waals surface area contributed by atoms with E-state index in [1.165, 1.54) is 89.9 Å². The van der Waals surface area contributed by atoms with Gasteiger partial charge in [0.05, 0.1) is 34.4 Å². The van der Waals surface area contributed by atoms with Gasteiger partial charge in [-0.15, -0.1) is 0 Å². The number of aliphatic carboxylic acids is 1. The van der Waals surface area contributed by atoms with Crippen molar-refractivity contribution in [3.63, 3.8) is 0 Å². The zero-order valence-electron chi connectivity index (χ0n) is 47.3. The van der Waals surface area contributed by atoms with E-state index in [1.54, 1.807) is 0 Å². The summed E-state index contributed by atoms with van der Waals surface area (Å²) in [4.78, 5) is 37.4. The lowest BCUT2D eigenvalue weighted by Crippen LogP contribution is -2.40. The topological polar surface area (TPSA) is 108 Å². The van der Waals surface area contributed by atoms with Crippen molar-refractivity contribution in [2.45, 2.75) is 232 Å². The van der Waals surface area contributed by atoms with Crippen LogP contribution in [0.3, 0.4) is 0 Å². The fourth-order valence-electron chi connectivity index (χ4n) is 7.55. The van der Waals surface area contributed by atoms with Gasteiger partial charge in [0.2, 0.25) is 0 Å². The van der Waals surface area contributed by atoms with Crippen LogP contribution in [0.5, 0.6) is 0 Å². The molecule has 0 rings (SSSR count). The van der Waals surface area contributed by atoms with E-state index in [2.05, 4.69) is 123 Å². The van der Waals surface area contributed by atoms with E-state index in [0.717, 1.165) is 96.3 Å². The molecule has 0 aromatic carbocycles. The number of likely N-dealkylation sites (N-methyl/N-ethyl adjacent to an activating group) is 1. The molecule has 0 bridgehead atoms. The molecule has 0 aliphatic rings. The molecule has 0 heterocycles. The molecule has 9 heteroatoms. The van der Waals surface area contributed by atoms with Gasteiger partial charge in [-0.2, -0.15) is 0 Å². The fourth-order valence-corrected chi connectivity index (χ4v) is 7.55. The second-order valence-electron chi connectivity index (χ2n) is 20.2. The highest BCUT2D eigenvalue weighted by atomic mass is 16.7. The highest BCUT2D eigenvalue weighted by Gasteiger charge is 2.25. The van der Waals surface area contributed by atoms with Gasteiger partial charge < -0.3 is 28.5 Å². The molecule has 73 heavy (non-hydrogen) atoms. The van der Waals surface area contributed by atoms with Gasteiger partial charge >= 0.3 is 17.9 Å². The predicted molar refractivity (Wildman–Crippen MR) is 308 cm³/mol. The van der Waals surface area contributed by atoms with Crippen molar-refractivity contribution in [2.24, 2.45) is 0 Å². The Bertz CT molecular complexity index is 1560. The third-order valence-corrected chi connectivity index (χ3v) is 12.0. The Morgan fingerprint density at radius 2 is 0.781 bits per heavy atom. The minimum absolute atomic E-state index is 0.176. The maximum atomic E-state index is 12.9. The van der Waals surface area contributed by atoms with Crippen LogP contribution >= 0.6 is 0 Å². The monoisotopic (exact) mass is 1020 g/mol. The van der Waals surface area contributed by atoms with Crippen molar-refractivity contribution < 1.29 is 42.9 Å². The number of hydrogen-bond acceptors (Lipinski definition) is 7. The van der Waals surface area contributed by atoms with Crippen LogP contribution in [0.2, 0.25) is 0 Å². The second-order valence-corrected chi connectivity index (χ2v) is 20.2. The van der Waals surface area contributed by atoms with Crippen LogP contribution in [0.25, 0.3) is 0 Å². The lowest BCUT2D eigenvalue weighted by Gasteiger charge is -2.25. The van der Waals surface area contributed by atoms with Crippen LogP contribution in [-0.2, 0) is 33.3 Å². The number of allylic oxidation sites excluding steroid dienone is 18. The molecular weight excluding hydrogens is 911 g/mol. The number of nitrogens with zero attached hydrogens (tertiary/aromatic N) is 1. The van der Waals surface area contributed by atoms with E-state index >= 15 is 0 Å². The zero-order chi connectivity index (χ0) is 53.4. The van der Waals surface area contributed by atoms with Crippen molar-refractivity contribution in [1.82, 2.24) is 0 Å². The maximum absolute atomic E-state index is 12.9. The number of carboxylic acids is 1. The average Bonchev–Trinajstić information content (AvgIpc) is 3.36. The lowest BCUT2D eigenvalue weighted by atomic mass is 10.1. The molecule has 0 spiro atoms. The first-order valence-electron chi connectivity index (χ1n) is 29.1. The largest absolute Gasteiger partial charge is 0.477 e. The molecule has 0 amide bonds. The Kier molecular flexibility index (Phi) is 51.2. The van der Waals surface area contributed by atoms with E-state index in [4.69, 9.17) is 18.9 Å². The minimum atomic E-state index is -1.52.